The molecule has 0 bridgehead atoms. The van der Waals surface area contributed by atoms with Gasteiger partial charge >= 0.3 is 0 Å². The lowest BCUT2D eigenvalue weighted by Gasteiger charge is -2.08. The molecule has 0 atom stereocenters. The molecule has 1 aromatic rings. The number of rotatable bonds is 9. The van der Waals surface area contributed by atoms with E-state index in [4.69, 9.17) is 4.74 Å². The van der Waals surface area contributed by atoms with E-state index in [1.165, 1.54) is 0 Å². The van der Waals surface area contributed by atoms with Gasteiger partial charge < -0.3 is 10.1 Å². The van der Waals surface area contributed by atoms with Crippen LogP contribution in [0, 0.1) is 5.92 Å². The van der Waals surface area contributed by atoms with Crippen LogP contribution in [0.3, 0.4) is 0 Å². The normalized spacial score (nSPS) is 10.9. The van der Waals surface area contributed by atoms with E-state index in [0.29, 0.717) is 5.92 Å². The SMILES string of the molecule is CCCc1cc(NCCOCCC(C)C)ncn1. The van der Waals surface area contributed by atoms with Gasteiger partial charge in [-0.1, -0.05) is 27.2 Å². The molecule has 0 saturated carbocycles. The molecule has 0 amide bonds. The number of nitrogens with one attached hydrogen (secondary N) is 1. The Morgan fingerprint density at radius 2 is 2.11 bits per heavy atom. The van der Waals surface area contributed by atoms with Crippen LogP contribution in [0.25, 0.3) is 0 Å². The summed E-state index contributed by atoms with van der Waals surface area (Å²) in [6.07, 6.45) is 4.85. The largest absolute Gasteiger partial charge is 0.380 e. The van der Waals surface area contributed by atoms with Crippen molar-refractivity contribution in [3.05, 3.63) is 18.1 Å². The first-order valence-corrected chi connectivity index (χ1v) is 6.85. The average molecular weight is 251 g/mol. The molecule has 0 aliphatic rings. The van der Waals surface area contributed by atoms with Crippen LogP contribution in [0.5, 0.6) is 0 Å². The van der Waals surface area contributed by atoms with E-state index in [1.807, 2.05) is 6.07 Å². The van der Waals surface area contributed by atoms with Crippen LogP contribution in [-0.2, 0) is 11.2 Å². The fourth-order valence-corrected chi connectivity index (χ4v) is 1.56. The van der Waals surface area contributed by atoms with Gasteiger partial charge in [-0.2, -0.15) is 0 Å². The molecule has 0 fully saturated rings. The van der Waals surface area contributed by atoms with E-state index >= 15 is 0 Å². The zero-order chi connectivity index (χ0) is 13.2. The highest BCUT2D eigenvalue weighted by Gasteiger charge is 1.98. The van der Waals surface area contributed by atoms with Crippen molar-refractivity contribution in [2.45, 2.75) is 40.0 Å². The van der Waals surface area contributed by atoms with Crippen LogP contribution in [0.2, 0.25) is 0 Å². The smallest absolute Gasteiger partial charge is 0.129 e. The van der Waals surface area contributed by atoms with Crippen molar-refractivity contribution in [3.8, 4) is 0 Å². The highest BCUT2D eigenvalue weighted by atomic mass is 16.5. The summed E-state index contributed by atoms with van der Waals surface area (Å²) in [4.78, 5) is 8.41. The van der Waals surface area contributed by atoms with Crippen LogP contribution in [0.4, 0.5) is 5.82 Å². The molecule has 1 rings (SSSR count). The van der Waals surface area contributed by atoms with Crippen molar-refractivity contribution in [1.29, 1.82) is 0 Å². The van der Waals surface area contributed by atoms with E-state index in [0.717, 1.165) is 50.5 Å². The fourth-order valence-electron chi connectivity index (χ4n) is 1.56. The second kappa shape index (κ2) is 8.86. The van der Waals surface area contributed by atoms with Gasteiger partial charge in [-0.05, 0) is 18.8 Å². The van der Waals surface area contributed by atoms with E-state index < -0.39 is 0 Å². The molecule has 4 nitrogen and oxygen atoms in total. The molecule has 0 spiro atoms. The van der Waals surface area contributed by atoms with Crippen molar-refractivity contribution in [2.24, 2.45) is 5.92 Å². The first-order chi connectivity index (χ1) is 8.72. The molecule has 102 valence electrons. The van der Waals surface area contributed by atoms with Gasteiger partial charge in [0.05, 0.1) is 6.61 Å². The highest BCUT2D eigenvalue weighted by Crippen LogP contribution is 2.05. The van der Waals surface area contributed by atoms with Gasteiger partial charge in [0, 0.05) is 24.9 Å². The minimum Gasteiger partial charge on any atom is -0.380 e. The summed E-state index contributed by atoms with van der Waals surface area (Å²) in [5.41, 5.74) is 1.09. The Bertz CT molecular complexity index is 329. The summed E-state index contributed by atoms with van der Waals surface area (Å²) in [5, 5.41) is 3.26. The summed E-state index contributed by atoms with van der Waals surface area (Å²) in [7, 11) is 0. The van der Waals surface area contributed by atoms with Crippen LogP contribution < -0.4 is 5.32 Å². The van der Waals surface area contributed by atoms with E-state index in [1.54, 1.807) is 6.33 Å². The summed E-state index contributed by atoms with van der Waals surface area (Å²) >= 11 is 0. The molecule has 0 aliphatic carbocycles. The predicted molar refractivity (Wildman–Crippen MR) is 74.8 cm³/mol. The maximum atomic E-state index is 5.54. The Labute approximate surface area is 110 Å². The molecule has 0 unspecified atom stereocenters. The minimum absolute atomic E-state index is 0.705. The summed E-state index contributed by atoms with van der Waals surface area (Å²) < 4.78 is 5.54. The molecule has 0 aromatic carbocycles. The first-order valence-electron chi connectivity index (χ1n) is 6.85. The van der Waals surface area contributed by atoms with Crippen LogP contribution in [0.15, 0.2) is 12.4 Å². The summed E-state index contributed by atoms with van der Waals surface area (Å²) in [6, 6.07) is 2.01. The van der Waals surface area contributed by atoms with E-state index in [-0.39, 0.29) is 0 Å². The second-order valence-electron chi connectivity index (χ2n) is 4.87. The lowest BCUT2D eigenvalue weighted by molar-refractivity contribution is 0.132. The lowest BCUT2D eigenvalue weighted by Crippen LogP contribution is -2.12. The Morgan fingerprint density at radius 3 is 2.83 bits per heavy atom. The Morgan fingerprint density at radius 1 is 1.28 bits per heavy atom. The number of aryl methyl sites for hydroxylation is 1. The number of nitrogens with zero attached hydrogens (tertiary/aromatic N) is 2. The van der Waals surface area contributed by atoms with Gasteiger partial charge in [-0.15, -0.1) is 0 Å². The van der Waals surface area contributed by atoms with Crippen molar-refractivity contribution < 1.29 is 4.74 Å². The molecule has 18 heavy (non-hydrogen) atoms. The van der Waals surface area contributed by atoms with Crippen molar-refractivity contribution in [3.63, 3.8) is 0 Å². The Hall–Kier alpha value is -1.16. The van der Waals surface area contributed by atoms with Crippen molar-refractivity contribution >= 4 is 5.82 Å². The molecule has 1 aromatic heterocycles. The molecule has 1 N–H and O–H groups in total. The maximum absolute atomic E-state index is 5.54. The fraction of sp³-hybridized carbons (Fsp3) is 0.714. The second-order valence-corrected chi connectivity index (χ2v) is 4.87. The highest BCUT2D eigenvalue weighted by molar-refractivity contribution is 5.34. The van der Waals surface area contributed by atoms with Crippen molar-refractivity contribution in [1.82, 2.24) is 9.97 Å². The zero-order valence-electron chi connectivity index (χ0n) is 11.8. The molecule has 0 radical (unpaired) electrons. The molecular formula is C14H25N3O. The quantitative estimate of drug-likeness (QED) is 0.686. The molecule has 0 saturated heterocycles. The van der Waals surface area contributed by atoms with Gasteiger partial charge in [-0.3, -0.25) is 0 Å². The monoisotopic (exact) mass is 251 g/mol. The first kappa shape index (κ1) is 14.9. The average Bonchev–Trinajstić information content (AvgIpc) is 2.34. The molecule has 1 heterocycles. The third-order valence-electron chi connectivity index (χ3n) is 2.62. The van der Waals surface area contributed by atoms with Gasteiger partial charge in [0.1, 0.15) is 12.1 Å². The number of aromatic nitrogens is 2. The third-order valence-corrected chi connectivity index (χ3v) is 2.62. The Balaban J connectivity index is 2.16. The topological polar surface area (TPSA) is 47.0 Å². The van der Waals surface area contributed by atoms with E-state index in [9.17, 15) is 0 Å². The van der Waals surface area contributed by atoms with Gasteiger partial charge in [-0.25, -0.2) is 9.97 Å². The summed E-state index contributed by atoms with van der Waals surface area (Å²) in [6.45, 7) is 8.91. The maximum Gasteiger partial charge on any atom is 0.129 e. The Kier molecular flexibility index (Phi) is 7.34. The zero-order valence-corrected chi connectivity index (χ0v) is 11.8. The van der Waals surface area contributed by atoms with Crippen molar-refractivity contribution in [2.75, 3.05) is 25.1 Å². The van der Waals surface area contributed by atoms with Crippen LogP contribution >= 0.6 is 0 Å². The minimum atomic E-state index is 0.705. The van der Waals surface area contributed by atoms with Gasteiger partial charge in [0.25, 0.3) is 0 Å². The standard InChI is InChI=1S/C14H25N3O/c1-4-5-13-10-14(17-11-16-13)15-7-9-18-8-6-12(2)3/h10-12H,4-9H2,1-3H3,(H,15,16,17). The van der Waals surface area contributed by atoms with Crippen LogP contribution in [-0.4, -0.2) is 29.7 Å². The van der Waals surface area contributed by atoms with Gasteiger partial charge in [0.15, 0.2) is 0 Å². The number of anilines is 1. The number of ether oxygens (including phenoxy) is 1. The number of hydrogen-bond donors (Lipinski definition) is 1. The molecular weight excluding hydrogens is 226 g/mol. The predicted octanol–water partition coefficient (Wildman–Crippen LogP) is 2.90. The summed E-state index contributed by atoms with van der Waals surface area (Å²) in [5.74, 6) is 1.59. The van der Waals surface area contributed by atoms with Gasteiger partial charge in [0.2, 0.25) is 0 Å². The van der Waals surface area contributed by atoms with Crippen LogP contribution in [0.1, 0.15) is 39.3 Å². The lowest BCUT2D eigenvalue weighted by atomic mass is 10.1. The molecule has 0 aliphatic heterocycles. The molecule has 4 heteroatoms. The van der Waals surface area contributed by atoms with E-state index in [2.05, 4.69) is 36.1 Å². The number of hydrogen-bond acceptors (Lipinski definition) is 4. The third kappa shape index (κ3) is 6.55.